The Balaban J connectivity index is 1.65. The Labute approximate surface area is 122 Å². The van der Waals surface area contributed by atoms with Gasteiger partial charge in [-0.25, -0.2) is 0 Å². The third-order valence-electron chi connectivity index (χ3n) is 6.31. The maximum Gasteiger partial charge on any atom is 0.0602 e. The number of anilines is 2. The predicted molar refractivity (Wildman–Crippen MR) is 84.8 cm³/mol. The van der Waals surface area contributed by atoms with Crippen LogP contribution in [0.4, 0.5) is 11.4 Å². The zero-order chi connectivity index (χ0) is 13.9. The van der Waals surface area contributed by atoms with E-state index >= 15 is 0 Å². The van der Waals surface area contributed by atoms with Gasteiger partial charge in [0.25, 0.3) is 0 Å². The van der Waals surface area contributed by atoms with Crippen LogP contribution >= 0.6 is 0 Å². The number of rotatable bonds is 2. The monoisotopic (exact) mass is 270 g/mol. The van der Waals surface area contributed by atoms with Crippen molar-refractivity contribution in [2.24, 2.45) is 23.7 Å². The van der Waals surface area contributed by atoms with Crippen molar-refractivity contribution in [1.82, 2.24) is 0 Å². The number of para-hydroxylation sites is 1. The summed E-state index contributed by atoms with van der Waals surface area (Å²) in [6.45, 7) is 2.11. The molecule has 1 aromatic rings. The quantitative estimate of drug-likeness (QED) is 0.827. The minimum Gasteiger partial charge on any atom is -0.397 e. The van der Waals surface area contributed by atoms with E-state index in [4.69, 9.17) is 5.73 Å². The SMILES string of the molecule is Cc1cccc(N(C)C2C3CC4CC(C3)CC2C4)c1N. The maximum atomic E-state index is 6.33. The number of nitrogens with zero attached hydrogens (tertiary/aromatic N) is 1. The Morgan fingerprint density at radius 2 is 1.60 bits per heavy atom. The summed E-state index contributed by atoms with van der Waals surface area (Å²) in [6, 6.07) is 7.19. The molecule has 0 atom stereocenters. The van der Waals surface area contributed by atoms with Gasteiger partial charge in [-0.3, -0.25) is 0 Å². The van der Waals surface area contributed by atoms with E-state index in [1.54, 1.807) is 0 Å². The van der Waals surface area contributed by atoms with E-state index in [9.17, 15) is 0 Å². The summed E-state index contributed by atoms with van der Waals surface area (Å²) in [5.74, 6) is 3.90. The molecule has 0 radical (unpaired) electrons. The molecule has 0 saturated heterocycles. The lowest BCUT2D eigenvalue weighted by Crippen LogP contribution is -2.55. The second-order valence-electron chi connectivity index (χ2n) is 7.54. The highest BCUT2D eigenvalue weighted by molar-refractivity contribution is 5.71. The standard InChI is InChI=1S/C18H26N2/c1-11-4-3-5-16(17(11)19)20(2)18-14-7-12-6-13(9-14)10-15(18)8-12/h3-5,12-15,18H,6-10,19H2,1-2H3. The van der Waals surface area contributed by atoms with Gasteiger partial charge >= 0.3 is 0 Å². The molecule has 5 rings (SSSR count). The van der Waals surface area contributed by atoms with Crippen LogP contribution in [-0.2, 0) is 0 Å². The van der Waals surface area contributed by atoms with E-state index in [-0.39, 0.29) is 0 Å². The highest BCUT2D eigenvalue weighted by Gasteiger charge is 2.49. The van der Waals surface area contributed by atoms with Gasteiger partial charge < -0.3 is 10.6 Å². The minimum absolute atomic E-state index is 0.729. The van der Waals surface area contributed by atoms with Crippen molar-refractivity contribution in [1.29, 1.82) is 0 Å². The number of benzene rings is 1. The molecule has 20 heavy (non-hydrogen) atoms. The second-order valence-corrected chi connectivity index (χ2v) is 7.54. The molecule has 108 valence electrons. The van der Waals surface area contributed by atoms with Gasteiger partial charge in [-0.15, -0.1) is 0 Å². The molecule has 4 bridgehead atoms. The normalized spacial score (nSPS) is 38.2. The lowest BCUT2D eigenvalue weighted by atomic mass is 9.54. The Bertz CT molecular complexity index is 494. The molecular formula is C18H26N2. The Hall–Kier alpha value is -1.18. The maximum absolute atomic E-state index is 6.33. The average Bonchev–Trinajstić information content (AvgIpc) is 2.40. The largest absolute Gasteiger partial charge is 0.397 e. The summed E-state index contributed by atoms with van der Waals surface area (Å²) in [5.41, 5.74) is 9.77. The lowest BCUT2D eigenvalue weighted by molar-refractivity contribution is -0.00118. The van der Waals surface area contributed by atoms with Crippen LogP contribution in [0.25, 0.3) is 0 Å². The van der Waals surface area contributed by atoms with Crippen molar-refractivity contribution in [3.8, 4) is 0 Å². The third kappa shape index (κ3) is 1.77. The van der Waals surface area contributed by atoms with Gasteiger partial charge in [0, 0.05) is 13.1 Å². The zero-order valence-corrected chi connectivity index (χ0v) is 12.7. The van der Waals surface area contributed by atoms with Crippen LogP contribution in [0.1, 0.15) is 37.7 Å². The number of hydrogen-bond donors (Lipinski definition) is 1. The second kappa shape index (κ2) is 4.41. The summed E-state index contributed by atoms with van der Waals surface area (Å²) in [4.78, 5) is 2.52. The van der Waals surface area contributed by atoms with Gasteiger partial charge in [0.2, 0.25) is 0 Å². The molecular weight excluding hydrogens is 244 g/mol. The summed E-state index contributed by atoms with van der Waals surface area (Å²) < 4.78 is 0. The molecule has 0 amide bonds. The lowest BCUT2D eigenvalue weighted by Gasteiger charge is -2.57. The molecule has 4 saturated carbocycles. The highest BCUT2D eigenvalue weighted by atomic mass is 15.2. The number of nitrogen functional groups attached to an aromatic ring is 1. The van der Waals surface area contributed by atoms with Gasteiger partial charge in [0.1, 0.15) is 0 Å². The number of nitrogens with two attached hydrogens (primary N) is 1. The molecule has 4 fully saturated rings. The first-order valence-electron chi connectivity index (χ1n) is 8.21. The summed E-state index contributed by atoms with van der Waals surface area (Å²) in [7, 11) is 2.28. The fraction of sp³-hybridized carbons (Fsp3) is 0.667. The van der Waals surface area contributed by atoms with Gasteiger partial charge in [-0.1, -0.05) is 12.1 Å². The van der Waals surface area contributed by atoms with Gasteiger partial charge in [0.05, 0.1) is 11.4 Å². The summed E-state index contributed by atoms with van der Waals surface area (Å²) in [6.07, 6.45) is 7.39. The van der Waals surface area contributed by atoms with Crippen molar-refractivity contribution in [2.75, 3.05) is 17.7 Å². The van der Waals surface area contributed by atoms with E-state index in [2.05, 4.69) is 37.1 Å². The fourth-order valence-electron chi connectivity index (χ4n) is 5.66. The highest BCUT2D eigenvalue weighted by Crippen LogP contribution is 2.55. The minimum atomic E-state index is 0.729. The summed E-state index contributed by atoms with van der Waals surface area (Å²) >= 11 is 0. The zero-order valence-electron chi connectivity index (χ0n) is 12.7. The Morgan fingerprint density at radius 3 is 2.20 bits per heavy atom. The van der Waals surface area contributed by atoms with Crippen LogP contribution in [-0.4, -0.2) is 13.1 Å². The van der Waals surface area contributed by atoms with Crippen molar-refractivity contribution in [3.63, 3.8) is 0 Å². The van der Waals surface area contributed by atoms with E-state index < -0.39 is 0 Å². The summed E-state index contributed by atoms with van der Waals surface area (Å²) in [5, 5.41) is 0. The van der Waals surface area contributed by atoms with Crippen molar-refractivity contribution >= 4 is 11.4 Å². The van der Waals surface area contributed by atoms with E-state index in [0.717, 1.165) is 35.4 Å². The van der Waals surface area contributed by atoms with Crippen LogP contribution in [0.15, 0.2) is 18.2 Å². The molecule has 0 aliphatic heterocycles. The van der Waals surface area contributed by atoms with Crippen LogP contribution < -0.4 is 10.6 Å². The molecule has 0 heterocycles. The van der Waals surface area contributed by atoms with Crippen LogP contribution in [0, 0.1) is 30.6 Å². The van der Waals surface area contributed by atoms with Crippen LogP contribution in [0.2, 0.25) is 0 Å². The average molecular weight is 270 g/mol. The molecule has 1 aromatic carbocycles. The van der Waals surface area contributed by atoms with Crippen LogP contribution in [0.5, 0.6) is 0 Å². The number of hydrogen-bond acceptors (Lipinski definition) is 2. The molecule has 0 spiro atoms. The number of aryl methyl sites for hydroxylation is 1. The molecule has 2 N–H and O–H groups in total. The van der Waals surface area contributed by atoms with Gasteiger partial charge in [-0.05, 0) is 74.3 Å². The molecule has 2 heteroatoms. The van der Waals surface area contributed by atoms with Crippen molar-refractivity contribution < 1.29 is 0 Å². The molecule has 0 aromatic heterocycles. The topological polar surface area (TPSA) is 29.3 Å². The molecule has 2 nitrogen and oxygen atoms in total. The van der Waals surface area contributed by atoms with Crippen LogP contribution in [0.3, 0.4) is 0 Å². The smallest absolute Gasteiger partial charge is 0.0602 e. The Kier molecular flexibility index (Phi) is 2.77. The van der Waals surface area contributed by atoms with E-state index in [1.807, 2.05) is 0 Å². The first kappa shape index (κ1) is 12.6. The fourth-order valence-corrected chi connectivity index (χ4v) is 5.66. The van der Waals surface area contributed by atoms with E-state index in [1.165, 1.54) is 43.4 Å². The Morgan fingerprint density at radius 1 is 1.00 bits per heavy atom. The first-order valence-corrected chi connectivity index (χ1v) is 8.21. The molecule has 4 aliphatic rings. The van der Waals surface area contributed by atoms with Crippen molar-refractivity contribution in [3.05, 3.63) is 23.8 Å². The first-order chi connectivity index (χ1) is 9.63. The molecule has 0 unspecified atom stereocenters. The van der Waals surface area contributed by atoms with Gasteiger partial charge in [-0.2, -0.15) is 0 Å². The molecule has 4 aliphatic carbocycles. The van der Waals surface area contributed by atoms with Crippen molar-refractivity contribution in [2.45, 2.75) is 45.1 Å². The van der Waals surface area contributed by atoms with E-state index in [0.29, 0.717) is 0 Å². The van der Waals surface area contributed by atoms with Gasteiger partial charge in [0.15, 0.2) is 0 Å². The third-order valence-corrected chi connectivity index (χ3v) is 6.31. The predicted octanol–water partition coefficient (Wildman–Crippen LogP) is 3.84.